The van der Waals surface area contributed by atoms with Crippen molar-refractivity contribution in [1.82, 2.24) is 0 Å². The molecule has 1 aromatic carbocycles. The zero-order valence-corrected chi connectivity index (χ0v) is 7.58. The zero-order valence-electron chi connectivity index (χ0n) is 6.68. The van der Waals surface area contributed by atoms with E-state index in [4.69, 9.17) is 0 Å². The van der Waals surface area contributed by atoms with E-state index in [2.05, 4.69) is 6.58 Å². The van der Waals surface area contributed by atoms with Crippen molar-refractivity contribution in [3.63, 3.8) is 0 Å². The van der Waals surface area contributed by atoms with Crippen LogP contribution in [0.25, 0.3) is 0 Å². The quantitative estimate of drug-likeness (QED) is 0.729. The Kier molecular flexibility index (Phi) is 2.85. The van der Waals surface area contributed by atoms with E-state index in [1.54, 1.807) is 0 Å². The van der Waals surface area contributed by atoms with Crippen molar-refractivity contribution in [2.45, 2.75) is 6.16 Å². The van der Waals surface area contributed by atoms with Gasteiger partial charge in [-0.3, -0.25) is 4.57 Å². The molecular weight excluding hydrogens is 171 g/mol. The Morgan fingerprint density at radius 3 is 2.50 bits per heavy atom. The highest BCUT2D eigenvalue weighted by atomic mass is 31.2. The molecular formula is C9H11O2P. The standard InChI is InChI=1S/C9H11O2P/c1-2-12(10,11)8-9-6-4-3-5-7-9/h2-7H,1,8H2,(H,10,11). The lowest BCUT2D eigenvalue weighted by Crippen LogP contribution is -1.83. The van der Waals surface area contributed by atoms with Crippen LogP contribution in [0.15, 0.2) is 42.7 Å². The molecule has 1 N–H and O–H groups in total. The van der Waals surface area contributed by atoms with Gasteiger partial charge in [0.1, 0.15) is 0 Å². The highest BCUT2D eigenvalue weighted by Crippen LogP contribution is 2.45. The molecule has 0 aliphatic heterocycles. The predicted octanol–water partition coefficient (Wildman–Crippen LogP) is 2.60. The molecule has 0 amide bonds. The number of benzene rings is 1. The average Bonchev–Trinajstić information content (AvgIpc) is 2.06. The van der Waals surface area contributed by atoms with Crippen LogP contribution in [-0.2, 0) is 10.7 Å². The second kappa shape index (κ2) is 3.70. The topological polar surface area (TPSA) is 37.3 Å². The third kappa shape index (κ3) is 2.65. The van der Waals surface area contributed by atoms with Crippen LogP contribution < -0.4 is 0 Å². The summed E-state index contributed by atoms with van der Waals surface area (Å²) < 4.78 is 11.2. The second-order valence-electron chi connectivity index (χ2n) is 2.58. The van der Waals surface area contributed by atoms with E-state index >= 15 is 0 Å². The molecule has 2 nitrogen and oxygen atoms in total. The molecule has 1 unspecified atom stereocenters. The molecule has 0 bridgehead atoms. The molecule has 0 heterocycles. The van der Waals surface area contributed by atoms with E-state index in [9.17, 15) is 9.46 Å². The van der Waals surface area contributed by atoms with Crippen molar-refractivity contribution >= 4 is 7.37 Å². The molecule has 0 saturated heterocycles. The van der Waals surface area contributed by atoms with Crippen molar-refractivity contribution in [2.75, 3.05) is 0 Å². The van der Waals surface area contributed by atoms with Crippen LogP contribution in [0.3, 0.4) is 0 Å². The second-order valence-corrected chi connectivity index (χ2v) is 4.77. The fraction of sp³-hybridized carbons (Fsp3) is 0.111. The summed E-state index contributed by atoms with van der Waals surface area (Å²) in [6.07, 6.45) is 0.178. The Labute approximate surface area is 72.0 Å². The van der Waals surface area contributed by atoms with Gasteiger partial charge in [-0.2, -0.15) is 0 Å². The molecule has 1 rings (SSSR count). The van der Waals surface area contributed by atoms with Crippen LogP contribution in [0.2, 0.25) is 0 Å². The van der Waals surface area contributed by atoms with Gasteiger partial charge in [-0.1, -0.05) is 36.9 Å². The highest BCUT2D eigenvalue weighted by molar-refractivity contribution is 7.60. The first-order valence-electron chi connectivity index (χ1n) is 3.63. The first-order valence-corrected chi connectivity index (χ1v) is 5.54. The predicted molar refractivity (Wildman–Crippen MR) is 50.2 cm³/mol. The lowest BCUT2D eigenvalue weighted by molar-refractivity contribution is 0.488. The minimum absolute atomic E-state index is 0.178. The Morgan fingerprint density at radius 1 is 1.42 bits per heavy atom. The largest absolute Gasteiger partial charge is 0.341 e. The van der Waals surface area contributed by atoms with Crippen LogP contribution in [0.4, 0.5) is 0 Å². The summed E-state index contributed by atoms with van der Waals surface area (Å²) in [4.78, 5) is 9.21. The van der Waals surface area contributed by atoms with Gasteiger partial charge in [-0.05, 0) is 11.4 Å². The fourth-order valence-corrected chi connectivity index (χ4v) is 1.77. The molecule has 0 aliphatic rings. The van der Waals surface area contributed by atoms with E-state index in [-0.39, 0.29) is 6.16 Å². The third-order valence-electron chi connectivity index (χ3n) is 1.54. The maximum Gasteiger partial charge on any atom is 0.226 e. The van der Waals surface area contributed by atoms with E-state index in [0.717, 1.165) is 11.4 Å². The monoisotopic (exact) mass is 182 g/mol. The van der Waals surface area contributed by atoms with E-state index in [0.29, 0.717) is 0 Å². The summed E-state index contributed by atoms with van der Waals surface area (Å²) in [5.41, 5.74) is 0.864. The Morgan fingerprint density at radius 2 is 2.00 bits per heavy atom. The maximum absolute atomic E-state index is 11.2. The van der Waals surface area contributed by atoms with Crippen molar-refractivity contribution in [3.05, 3.63) is 48.3 Å². The maximum atomic E-state index is 11.2. The van der Waals surface area contributed by atoms with Gasteiger partial charge in [0.25, 0.3) is 0 Å². The normalized spacial score (nSPS) is 15.1. The van der Waals surface area contributed by atoms with Gasteiger partial charge >= 0.3 is 0 Å². The SMILES string of the molecule is C=CP(=O)(O)Cc1ccccc1. The fourth-order valence-electron chi connectivity index (χ4n) is 0.910. The van der Waals surface area contributed by atoms with E-state index in [1.165, 1.54) is 0 Å². The lowest BCUT2D eigenvalue weighted by atomic mass is 10.2. The average molecular weight is 182 g/mol. The van der Waals surface area contributed by atoms with Crippen LogP contribution in [0.5, 0.6) is 0 Å². The lowest BCUT2D eigenvalue weighted by Gasteiger charge is -2.04. The van der Waals surface area contributed by atoms with Gasteiger partial charge < -0.3 is 4.89 Å². The summed E-state index contributed by atoms with van der Waals surface area (Å²) in [5.74, 6) is 1.12. The van der Waals surface area contributed by atoms with Crippen molar-refractivity contribution in [1.29, 1.82) is 0 Å². The minimum Gasteiger partial charge on any atom is -0.341 e. The smallest absolute Gasteiger partial charge is 0.226 e. The van der Waals surface area contributed by atoms with E-state index < -0.39 is 7.37 Å². The first kappa shape index (κ1) is 9.24. The molecule has 64 valence electrons. The Bertz CT molecular complexity index is 306. The van der Waals surface area contributed by atoms with Gasteiger partial charge in [0.05, 0.1) is 6.16 Å². The molecule has 1 atom stereocenters. The molecule has 0 spiro atoms. The van der Waals surface area contributed by atoms with Gasteiger partial charge in [-0.25, -0.2) is 0 Å². The summed E-state index contributed by atoms with van der Waals surface area (Å²) in [6, 6.07) is 9.22. The van der Waals surface area contributed by atoms with Crippen molar-refractivity contribution in [2.24, 2.45) is 0 Å². The molecule has 1 aromatic rings. The zero-order chi connectivity index (χ0) is 9.03. The number of hydrogen-bond acceptors (Lipinski definition) is 1. The summed E-state index contributed by atoms with van der Waals surface area (Å²) in [6.45, 7) is 3.32. The molecule has 0 aliphatic carbocycles. The van der Waals surface area contributed by atoms with Gasteiger partial charge in [0.15, 0.2) is 0 Å². The van der Waals surface area contributed by atoms with Crippen LogP contribution in [-0.4, -0.2) is 4.89 Å². The molecule has 0 saturated carbocycles. The first-order chi connectivity index (χ1) is 5.64. The van der Waals surface area contributed by atoms with Gasteiger partial charge in [0.2, 0.25) is 7.37 Å². The molecule has 3 heteroatoms. The summed E-state index contributed by atoms with van der Waals surface area (Å²) in [5, 5.41) is 0. The van der Waals surface area contributed by atoms with Crippen molar-refractivity contribution in [3.8, 4) is 0 Å². The number of hydrogen-bond donors (Lipinski definition) is 1. The highest BCUT2D eigenvalue weighted by Gasteiger charge is 2.12. The van der Waals surface area contributed by atoms with Crippen molar-refractivity contribution < 1.29 is 9.46 Å². The van der Waals surface area contributed by atoms with Gasteiger partial charge in [-0.15, -0.1) is 0 Å². The molecule has 0 fully saturated rings. The Hall–Kier alpha value is -0.850. The molecule has 12 heavy (non-hydrogen) atoms. The molecule has 0 radical (unpaired) electrons. The molecule has 0 aromatic heterocycles. The summed E-state index contributed by atoms with van der Waals surface area (Å²) >= 11 is 0. The van der Waals surface area contributed by atoms with Crippen LogP contribution in [0, 0.1) is 0 Å². The summed E-state index contributed by atoms with van der Waals surface area (Å²) in [7, 11) is -3.13. The van der Waals surface area contributed by atoms with Crippen LogP contribution >= 0.6 is 7.37 Å². The number of rotatable bonds is 3. The van der Waals surface area contributed by atoms with Crippen LogP contribution in [0.1, 0.15) is 5.56 Å². The minimum atomic E-state index is -3.13. The Balaban J connectivity index is 2.77. The third-order valence-corrected chi connectivity index (χ3v) is 2.93. The van der Waals surface area contributed by atoms with Gasteiger partial charge in [0, 0.05) is 0 Å². The van der Waals surface area contributed by atoms with E-state index in [1.807, 2.05) is 30.3 Å².